The molecule has 2 N–H and O–H groups in total. The van der Waals surface area contributed by atoms with E-state index in [0.717, 1.165) is 18.5 Å². The fourth-order valence-corrected chi connectivity index (χ4v) is 3.18. The highest BCUT2D eigenvalue weighted by Gasteiger charge is 2.30. The lowest BCUT2D eigenvalue weighted by molar-refractivity contribution is 0.0471. The molecule has 5 rings (SSSR count). The Balaban J connectivity index is 1.49. The van der Waals surface area contributed by atoms with Gasteiger partial charge in [-0.1, -0.05) is 23.4 Å². The number of benzene rings is 1. The first-order chi connectivity index (χ1) is 16.0. The van der Waals surface area contributed by atoms with Crippen LogP contribution in [0.1, 0.15) is 28.8 Å². The summed E-state index contributed by atoms with van der Waals surface area (Å²) in [4.78, 5) is 35.9. The summed E-state index contributed by atoms with van der Waals surface area (Å²) in [5.41, 5.74) is 8.01. The minimum Gasteiger partial charge on any atom is -0.459 e. The van der Waals surface area contributed by atoms with E-state index in [2.05, 4.69) is 30.1 Å². The number of pyridine rings is 1. The third-order valence-electron chi connectivity index (χ3n) is 5.07. The summed E-state index contributed by atoms with van der Waals surface area (Å²) in [7, 11) is 1.81. The molecule has 0 spiro atoms. The molecule has 1 saturated carbocycles. The molecule has 4 aromatic rings. The zero-order chi connectivity index (χ0) is 22.9. The van der Waals surface area contributed by atoms with Crippen LogP contribution in [0.15, 0.2) is 47.1 Å². The summed E-state index contributed by atoms with van der Waals surface area (Å²) in [6, 6.07) is 11.3. The Labute approximate surface area is 188 Å². The minimum absolute atomic E-state index is 0.00603. The summed E-state index contributed by atoms with van der Waals surface area (Å²) in [5.74, 6) is 0.128. The Bertz CT molecular complexity index is 1320. The van der Waals surface area contributed by atoms with Crippen molar-refractivity contribution in [3.8, 4) is 23.2 Å². The molecule has 1 aromatic carbocycles. The third-order valence-corrected chi connectivity index (χ3v) is 5.07. The van der Waals surface area contributed by atoms with Crippen molar-refractivity contribution in [2.75, 3.05) is 17.7 Å². The summed E-state index contributed by atoms with van der Waals surface area (Å²) < 4.78 is 10.9. The fraction of sp³-hybridized carbons (Fsp3) is 0.227. The van der Waals surface area contributed by atoms with Crippen molar-refractivity contribution in [2.45, 2.75) is 25.9 Å². The van der Waals surface area contributed by atoms with Gasteiger partial charge in [0.1, 0.15) is 11.8 Å². The molecule has 1 aliphatic carbocycles. The number of aromatic nitrogens is 6. The lowest BCUT2D eigenvalue weighted by Gasteiger charge is -2.17. The zero-order valence-electron chi connectivity index (χ0n) is 18.0. The van der Waals surface area contributed by atoms with Gasteiger partial charge < -0.3 is 19.9 Å². The molecule has 0 saturated heterocycles. The lowest BCUT2D eigenvalue weighted by atomic mass is 10.1. The summed E-state index contributed by atoms with van der Waals surface area (Å²) >= 11 is 0. The second-order valence-corrected chi connectivity index (χ2v) is 7.59. The minimum atomic E-state index is -0.464. The Morgan fingerprint density at radius 2 is 1.88 bits per heavy atom. The molecule has 0 atom stereocenters. The maximum absolute atomic E-state index is 12.7. The topological polar surface area (TPSA) is 146 Å². The van der Waals surface area contributed by atoms with E-state index in [4.69, 9.17) is 15.0 Å². The van der Waals surface area contributed by atoms with Crippen molar-refractivity contribution < 1.29 is 14.1 Å². The van der Waals surface area contributed by atoms with Gasteiger partial charge in [0.2, 0.25) is 23.5 Å². The van der Waals surface area contributed by atoms with Gasteiger partial charge in [-0.2, -0.15) is 19.9 Å². The van der Waals surface area contributed by atoms with Crippen LogP contribution in [0.3, 0.4) is 0 Å². The first-order valence-corrected chi connectivity index (χ1v) is 10.3. The number of anilines is 3. The van der Waals surface area contributed by atoms with Gasteiger partial charge in [-0.3, -0.25) is 4.98 Å². The number of nitrogen functional groups attached to an aromatic ring is 1. The van der Waals surface area contributed by atoms with E-state index in [-0.39, 0.29) is 35.3 Å². The van der Waals surface area contributed by atoms with Crippen LogP contribution in [0.4, 0.5) is 17.6 Å². The Morgan fingerprint density at radius 3 is 2.64 bits per heavy atom. The number of aryl methyl sites for hydroxylation is 1. The van der Waals surface area contributed by atoms with Crippen LogP contribution in [-0.4, -0.2) is 49.2 Å². The number of ether oxygens (including phenoxy) is 1. The smallest absolute Gasteiger partial charge is 0.341 e. The second kappa shape index (κ2) is 8.26. The van der Waals surface area contributed by atoms with E-state index in [1.54, 1.807) is 24.1 Å². The maximum atomic E-state index is 12.7. The van der Waals surface area contributed by atoms with E-state index in [9.17, 15) is 4.79 Å². The standard InChI is InChI=1S/C22H20N8O3/c1-12-10-11-24-16(15(12)20(31)32-14-8-9-14)19-25-18(29-33-19)17-26-21(23)28-22(27-17)30(2)13-6-4-3-5-7-13/h3-7,10-11,14H,8-9H2,1-2H3,(H2,23,26,27,28). The molecular formula is C22H20N8O3. The molecule has 166 valence electrons. The molecule has 1 fully saturated rings. The quantitative estimate of drug-likeness (QED) is 0.438. The number of para-hydroxylation sites is 1. The van der Waals surface area contributed by atoms with Gasteiger partial charge in [-0.25, -0.2) is 4.79 Å². The van der Waals surface area contributed by atoms with Gasteiger partial charge in [-0.15, -0.1) is 0 Å². The average Bonchev–Trinajstić information content (AvgIpc) is 3.49. The molecule has 0 radical (unpaired) electrons. The highest BCUT2D eigenvalue weighted by Crippen LogP contribution is 2.30. The van der Waals surface area contributed by atoms with Crippen molar-refractivity contribution in [1.29, 1.82) is 0 Å². The number of hydrogen-bond donors (Lipinski definition) is 1. The van der Waals surface area contributed by atoms with E-state index >= 15 is 0 Å². The molecule has 1 aliphatic rings. The van der Waals surface area contributed by atoms with Crippen LogP contribution in [0.5, 0.6) is 0 Å². The lowest BCUT2D eigenvalue weighted by Crippen LogP contribution is -2.15. The second-order valence-electron chi connectivity index (χ2n) is 7.59. The molecule has 11 nitrogen and oxygen atoms in total. The normalized spacial score (nSPS) is 13.0. The predicted octanol–water partition coefficient (Wildman–Crippen LogP) is 2.96. The van der Waals surface area contributed by atoms with Crippen LogP contribution >= 0.6 is 0 Å². The molecule has 11 heteroatoms. The Hall–Kier alpha value is -4.41. The van der Waals surface area contributed by atoms with Gasteiger partial charge in [-0.05, 0) is 43.5 Å². The molecule has 33 heavy (non-hydrogen) atoms. The van der Waals surface area contributed by atoms with Crippen molar-refractivity contribution >= 4 is 23.6 Å². The molecule has 3 aromatic heterocycles. The highest BCUT2D eigenvalue weighted by molar-refractivity contribution is 5.96. The number of rotatable bonds is 6. The summed E-state index contributed by atoms with van der Waals surface area (Å²) in [6.45, 7) is 1.80. The van der Waals surface area contributed by atoms with Crippen LogP contribution in [0.25, 0.3) is 23.2 Å². The molecule has 0 aliphatic heterocycles. The van der Waals surface area contributed by atoms with Gasteiger partial charge >= 0.3 is 5.97 Å². The molecule has 0 unspecified atom stereocenters. The van der Waals surface area contributed by atoms with Gasteiger partial charge in [0, 0.05) is 18.9 Å². The van der Waals surface area contributed by atoms with Crippen LogP contribution in [-0.2, 0) is 4.74 Å². The number of nitrogens with two attached hydrogens (primary N) is 1. The molecule has 0 amide bonds. The van der Waals surface area contributed by atoms with E-state index in [1.165, 1.54) is 0 Å². The van der Waals surface area contributed by atoms with Gasteiger partial charge in [0.25, 0.3) is 5.89 Å². The SMILES string of the molecule is Cc1ccnc(-c2nc(-c3nc(N)nc(N(C)c4ccccc4)n3)no2)c1C(=O)OC1CC1. The summed E-state index contributed by atoms with van der Waals surface area (Å²) in [5, 5.41) is 3.98. The van der Waals surface area contributed by atoms with Crippen LogP contribution in [0.2, 0.25) is 0 Å². The number of carbonyl (C=O) groups excluding carboxylic acids is 1. The van der Waals surface area contributed by atoms with E-state index < -0.39 is 5.97 Å². The largest absolute Gasteiger partial charge is 0.459 e. The van der Waals surface area contributed by atoms with E-state index in [1.807, 2.05) is 37.4 Å². The van der Waals surface area contributed by atoms with Crippen molar-refractivity contribution in [1.82, 2.24) is 30.1 Å². The monoisotopic (exact) mass is 444 g/mol. The molecule has 0 bridgehead atoms. The maximum Gasteiger partial charge on any atom is 0.341 e. The molecular weight excluding hydrogens is 424 g/mol. The molecule has 3 heterocycles. The fourth-order valence-electron chi connectivity index (χ4n) is 3.18. The predicted molar refractivity (Wildman–Crippen MR) is 118 cm³/mol. The van der Waals surface area contributed by atoms with Crippen LogP contribution < -0.4 is 10.6 Å². The van der Waals surface area contributed by atoms with Crippen molar-refractivity contribution in [2.24, 2.45) is 0 Å². The highest BCUT2D eigenvalue weighted by atomic mass is 16.5. The Kier molecular flexibility index (Phi) is 5.13. The average molecular weight is 444 g/mol. The first-order valence-electron chi connectivity index (χ1n) is 10.3. The van der Waals surface area contributed by atoms with Crippen molar-refractivity contribution in [3.63, 3.8) is 0 Å². The van der Waals surface area contributed by atoms with Gasteiger partial charge in [0.05, 0.1) is 5.56 Å². The first kappa shape index (κ1) is 20.5. The Morgan fingerprint density at radius 1 is 1.09 bits per heavy atom. The van der Waals surface area contributed by atoms with E-state index in [0.29, 0.717) is 17.1 Å². The van der Waals surface area contributed by atoms with Crippen LogP contribution in [0, 0.1) is 6.92 Å². The van der Waals surface area contributed by atoms with Crippen molar-refractivity contribution in [3.05, 3.63) is 53.7 Å². The number of esters is 1. The number of carbonyl (C=O) groups is 1. The number of hydrogen-bond acceptors (Lipinski definition) is 11. The third kappa shape index (κ3) is 4.20. The number of nitrogens with zero attached hydrogens (tertiary/aromatic N) is 7. The zero-order valence-corrected chi connectivity index (χ0v) is 18.0. The van der Waals surface area contributed by atoms with Gasteiger partial charge in [0.15, 0.2) is 0 Å². The summed E-state index contributed by atoms with van der Waals surface area (Å²) in [6.07, 6.45) is 3.25.